The van der Waals surface area contributed by atoms with Crippen molar-refractivity contribution in [2.45, 2.75) is 51.9 Å². The van der Waals surface area contributed by atoms with Crippen LogP contribution in [0.15, 0.2) is 114 Å². The summed E-state index contributed by atoms with van der Waals surface area (Å²) in [5, 5.41) is 2.31. The summed E-state index contributed by atoms with van der Waals surface area (Å²) < 4.78 is 8.21. The molecule has 0 N–H and O–H groups in total. The molecule has 0 unspecified atom stereocenters. The number of nitrogens with zero attached hydrogens (tertiary/aromatic N) is 2. The Kier molecular flexibility index (Phi) is 5.76. The van der Waals surface area contributed by atoms with Crippen LogP contribution in [0.1, 0.15) is 49.6 Å². The molecular weight excluding hydrogens is 591 g/mol. The number of para-hydroxylation sites is 4. The van der Waals surface area contributed by atoms with Gasteiger partial charge in [0, 0.05) is 43.2 Å². The van der Waals surface area contributed by atoms with Gasteiger partial charge >= 0.3 is 0 Å². The van der Waals surface area contributed by atoms with E-state index in [1.165, 1.54) is 69.0 Å². The Hall–Kier alpha value is -4.74. The monoisotopic (exact) mass is 626 g/mol. The zero-order chi connectivity index (χ0) is 31.4. The molecule has 0 bridgehead atoms. The van der Waals surface area contributed by atoms with Crippen LogP contribution in [-0.4, -0.2) is 6.71 Å². The van der Waals surface area contributed by atoms with E-state index in [0.29, 0.717) is 0 Å². The van der Waals surface area contributed by atoms with E-state index in [4.69, 9.17) is 4.42 Å². The third kappa shape index (κ3) is 3.87. The van der Waals surface area contributed by atoms with Gasteiger partial charge in [0.05, 0.1) is 11.4 Å². The van der Waals surface area contributed by atoms with E-state index in [-0.39, 0.29) is 12.1 Å². The molecule has 0 atom stereocenters. The van der Waals surface area contributed by atoms with Crippen molar-refractivity contribution < 1.29 is 4.42 Å². The first kappa shape index (κ1) is 27.4. The smallest absolute Gasteiger partial charge is 0.264 e. The highest BCUT2D eigenvalue weighted by molar-refractivity contribution is 7.29. The number of hydrogen-bond donors (Lipinski definition) is 0. The maximum Gasteiger partial charge on any atom is 0.264 e. The van der Waals surface area contributed by atoms with E-state index in [2.05, 4.69) is 151 Å². The third-order valence-electron chi connectivity index (χ3n) is 10.6. The lowest BCUT2D eigenvalue weighted by Gasteiger charge is -2.44. The van der Waals surface area contributed by atoms with Crippen LogP contribution in [0.5, 0.6) is 0 Å². The van der Waals surface area contributed by atoms with Crippen LogP contribution < -0.4 is 25.5 Å². The zero-order valence-electron chi connectivity index (χ0n) is 27.0. The van der Waals surface area contributed by atoms with Gasteiger partial charge in [-0.1, -0.05) is 87.5 Å². The number of aryl methyl sites for hydroxylation is 1. The van der Waals surface area contributed by atoms with Gasteiger partial charge in [-0.3, -0.25) is 0 Å². The number of hydrogen-bond acceptors (Lipinski definition) is 4. The van der Waals surface area contributed by atoms with Crippen molar-refractivity contribution in [2.24, 2.45) is 0 Å². The Morgan fingerprint density at radius 3 is 2.23 bits per heavy atom. The van der Waals surface area contributed by atoms with Crippen molar-refractivity contribution in [1.29, 1.82) is 0 Å². The summed E-state index contributed by atoms with van der Waals surface area (Å²) in [5.74, 6) is 0. The molecule has 0 spiro atoms. The fraction of sp³-hybridized carbons (Fsp3) is 0.190. The summed E-state index contributed by atoms with van der Waals surface area (Å²) in [6.45, 7) is 7.19. The predicted octanol–water partition coefficient (Wildman–Crippen LogP) is 9.91. The van der Waals surface area contributed by atoms with Gasteiger partial charge in [0.15, 0.2) is 5.58 Å². The molecule has 7 aromatic rings. The van der Waals surface area contributed by atoms with E-state index < -0.39 is 0 Å². The second kappa shape index (κ2) is 9.89. The molecule has 3 nitrogen and oxygen atoms in total. The lowest BCUT2D eigenvalue weighted by atomic mass is 9.36. The van der Waals surface area contributed by atoms with Crippen molar-refractivity contribution in [3.05, 3.63) is 125 Å². The molecule has 228 valence electrons. The van der Waals surface area contributed by atoms with Gasteiger partial charge in [0.2, 0.25) is 0 Å². The van der Waals surface area contributed by atoms with Crippen molar-refractivity contribution in [2.75, 3.05) is 9.80 Å². The van der Waals surface area contributed by atoms with Gasteiger partial charge in [-0.15, -0.1) is 0 Å². The minimum absolute atomic E-state index is 0.0499. The molecule has 1 aliphatic carbocycles. The fourth-order valence-electron chi connectivity index (χ4n) is 8.36. The molecular formula is C42H35BN2OS. The topological polar surface area (TPSA) is 19.6 Å². The van der Waals surface area contributed by atoms with Crippen LogP contribution in [-0.2, 0) is 18.3 Å². The predicted molar refractivity (Wildman–Crippen MR) is 201 cm³/mol. The standard InChI is InChI=1S/C42H35BN2OS/c1-42(2,3)26-24-34-38-35(25-26)45(33-21-13-18-29-28-16-7-11-22-36(28)46-40(29)33)32-20-10-9-19-31(32)43(38)41-39(30-17-8-12-23-37(30)47-41)44(34)27-14-5-4-6-15-27/h4-7,9-11,13-16,18-22,24-25H,8,12,17,23H2,1-3H3. The fourth-order valence-corrected chi connectivity index (χ4v) is 9.87. The minimum Gasteiger partial charge on any atom is -0.454 e. The van der Waals surface area contributed by atoms with Gasteiger partial charge < -0.3 is 14.2 Å². The summed E-state index contributed by atoms with van der Waals surface area (Å²) in [6.07, 6.45) is 4.87. The van der Waals surface area contributed by atoms with Crippen LogP contribution in [0.3, 0.4) is 0 Å². The summed E-state index contributed by atoms with van der Waals surface area (Å²) in [7, 11) is 0. The molecule has 0 radical (unpaired) electrons. The normalized spacial score (nSPS) is 15.1. The number of rotatable bonds is 2. The van der Waals surface area contributed by atoms with Gasteiger partial charge in [-0.25, -0.2) is 0 Å². The average molecular weight is 627 g/mol. The maximum atomic E-state index is 6.71. The second-order valence-electron chi connectivity index (χ2n) is 14.4. The van der Waals surface area contributed by atoms with E-state index in [1.54, 1.807) is 10.4 Å². The van der Waals surface area contributed by atoms with Gasteiger partial charge in [-0.2, -0.15) is 11.3 Å². The summed E-state index contributed by atoms with van der Waals surface area (Å²) in [4.78, 5) is 6.71. The Labute approximate surface area is 280 Å². The quantitative estimate of drug-likeness (QED) is 0.178. The molecule has 5 heteroatoms. The van der Waals surface area contributed by atoms with Crippen LogP contribution in [0.4, 0.5) is 34.1 Å². The van der Waals surface area contributed by atoms with E-state index in [1.807, 2.05) is 0 Å². The molecule has 10 rings (SSSR count). The van der Waals surface area contributed by atoms with Crippen LogP contribution >= 0.6 is 11.3 Å². The van der Waals surface area contributed by atoms with Crippen molar-refractivity contribution in [3.8, 4) is 0 Å². The highest BCUT2D eigenvalue weighted by atomic mass is 32.1. The van der Waals surface area contributed by atoms with Gasteiger partial charge in [0.25, 0.3) is 6.71 Å². The van der Waals surface area contributed by atoms with Crippen molar-refractivity contribution >= 4 is 89.8 Å². The van der Waals surface area contributed by atoms with Crippen molar-refractivity contribution in [1.82, 2.24) is 0 Å². The average Bonchev–Trinajstić information content (AvgIpc) is 3.67. The maximum absolute atomic E-state index is 6.71. The Balaban J connectivity index is 1.34. The molecule has 2 aliphatic heterocycles. The molecule has 0 saturated carbocycles. The second-order valence-corrected chi connectivity index (χ2v) is 15.5. The van der Waals surface area contributed by atoms with Crippen LogP contribution in [0.25, 0.3) is 21.9 Å². The molecule has 3 aliphatic rings. The molecule has 5 aromatic carbocycles. The highest BCUT2D eigenvalue weighted by Crippen LogP contribution is 2.50. The summed E-state index contributed by atoms with van der Waals surface area (Å²) >= 11 is 2.07. The van der Waals surface area contributed by atoms with Gasteiger partial charge in [-0.05, 0) is 95.6 Å². The summed E-state index contributed by atoms with van der Waals surface area (Å²) in [6, 6.07) is 40.2. The number of furan rings is 1. The van der Waals surface area contributed by atoms with E-state index in [0.717, 1.165) is 34.0 Å². The van der Waals surface area contributed by atoms with Crippen LogP contribution in [0.2, 0.25) is 0 Å². The molecule has 47 heavy (non-hydrogen) atoms. The highest BCUT2D eigenvalue weighted by Gasteiger charge is 2.46. The molecule has 0 saturated heterocycles. The third-order valence-corrected chi connectivity index (χ3v) is 11.9. The van der Waals surface area contributed by atoms with E-state index in [9.17, 15) is 0 Å². The number of fused-ring (bicyclic) bond motifs is 9. The van der Waals surface area contributed by atoms with E-state index >= 15 is 0 Å². The van der Waals surface area contributed by atoms with Gasteiger partial charge in [0.1, 0.15) is 5.58 Å². The number of benzene rings is 5. The largest absolute Gasteiger partial charge is 0.454 e. The van der Waals surface area contributed by atoms with Crippen LogP contribution in [0, 0.1) is 0 Å². The molecule has 4 heterocycles. The molecule has 2 aromatic heterocycles. The first-order valence-corrected chi connectivity index (χ1v) is 17.8. The zero-order valence-corrected chi connectivity index (χ0v) is 27.8. The Morgan fingerprint density at radius 1 is 0.681 bits per heavy atom. The Bertz CT molecular complexity index is 2380. The number of anilines is 6. The minimum atomic E-state index is -0.0499. The first-order chi connectivity index (χ1) is 23.0. The SMILES string of the molecule is CC(C)(C)c1cc2c3c(c1)N(c1cccc4c1oc1ccccc14)c1ccccc1B3c1sc3c(c1N2c1ccccc1)CCCC3. The molecule has 0 fully saturated rings. The first-order valence-electron chi connectivity index (χ1n) is 16.9. The Morgan fingerprint density at radius 2 is 1.38 bits per heavy atom. The number of thiophene rings is 1. The lowest BCUT2D eigenvalue weighted by molar-refractivity contribution is 0.590. The summed E-state index contributed by atoms with van der Waals surface area (Å²) in [5.41, 5.74) is 15.0. The lowest BCUT2D eigenvalue weighted by Crippen LogP contribution is -2.60. The van der Waals surface area contributed by atoms with Crippen molar-refractivity contribution in [3.63, 3.8) is 0 Å². The molecule has 0 amide bonds.